The second kappa shape index (κ2) is 14.1. The molecule has 4 bridgehead atoms. The van der Waals surface area contributed by atoms with Gasteiger partial charge in [0.05, 0.1) is 6.61 Å². The summed E-state index contributed by atoms with van der Waals surface area (Å²) in [6.07, 6.45) is 8.35. The molecule has 4 aliphatic rings. The molecule has 0 aliphatic heterocycles. The van der Waals surface area contributed by atoms with E-state index in [0.29, 0.717) is 18.3 Å². The Kier molecular flexibility index (Phi) is 10.9. The van der Waals surface area contributed by atoms with Gasteiger partial charge in [0.15, 0.2) is 0 Å². The predicted molar refractivity (Wildman–Crippen MR) is 154 cm³/mol. The molecule has 0 aromatic heterocycles. The number of aryl methyl sites for hydroxylation is 2. The summed E-state index contributed by atoms with van der Waals surface area (Å²) in [5.74, 6) is 2.19. The van der Waals surface area contributed by atoms with Gasteiger partial charge >= 0.3 is 11.9 Å². The molecule has 4 saturated carbocycles. The number of esters is 2. The van der Waals surface area contributed by atoms with Crippen LogP contribution in [0.15, 0.2) is 16.7 Å². The number of carbonyl (C=O) groups excluding carboxylic acids is 2. The molecule has 0 heterocycles. The standard InChI is InChI=1S/C30H44N2O7S/c1-5-6-23-15-25(20(2)11-26(23)37-10-8-32(3)4)39-28(34)19-36-18-27(33)38-9-7-30-16-21-12-22(17-30)14-24(13-21)29(30)40-31-35/h11,15,21-22,24,29H,5-10,12-14,16-19H2,1-4H3. The molecule has 5 rings (SSSR count). The van der Waals surface area contributed by atoms with Crippen LogP contribution < -0.4 is 9.47 Å². The van der Waals surface area contributed by atoms with Crippen LogP contribution in [0.3, 0.4) is 0 Å². The van der Waals surface area contributed by atoms with Crippen molar-refractivity contribution in [3.8, 4) is 11.5 Å². The van der Waals surface area contributed by atoms with E-state index in [4.69, 9.17) is 18.9 Å². The lowest BCUT2D eigenvalue weighted by molar-refractivity contribution is -0.153. The van der Waals surface area contributed by atoms with Crippen LogP contribution in [0.2, 0.25) is 0 Å². The lowest BCUT2D eigenvalue weighted by Crippen LogP contribution is -2.54. The second-order valence-corrected chi connectivity index (χ2v) is 13.0. The molecule has 3 atom stereocenters. The SMILES string of the molecule is CCCc1cc(OC(=O)COCC(=O)OCCC23CC4CC(CC(C4)C2SN=O)C3)c(C)cc1OCCN(C)C. The Labute approximate surface area is 242 Å². The molecule has 1 aromatic rings. The summed E-state index contributed by atoms with van der Waals surface area (Å²) in [5, 5.41) is 0.225. The first kappa shape index (κ1) is 30.8. The maximum absolute atomic E-state index is 12.4. The maximum Gasteiger partial charge on any atom is 0.337 e. The van der Waals surface area contributed by atoms with Crippen molar-refractivity contribution in [3.05, 3.63) is 28.2 Å². The minimum absolute atomic E-state index is 0.0275. The van der Waals surface area contributed by atoms with Gasteiger partial charge in [-0.1, -0.05) is 13.3 Å². The number of hydrogen-bond acceptors (Lipinski definition) is 10. The molecule has 0 N–H and O–H groups in total. The smallest absolute Gasteiger partial charge is 0.337 e. The van der Waals surface area contributed by atoms with Gasteiger partial charge in [0, 0.05) is 28.3 Å². The fourth-order valence-electron chi connectivity index (χ4n) is 7.28. The summed E-state index contributed by atoms with van der Waals surface area (Å²) >= 11 is 1.20. The Bertz CT molecular complexity index is 1040. The van der Waals surface area contributed by atoms with Gasteiger partial charge in [-0.2, -0.15) is 0 Å². The molecule has 4 aliphatic carbocycles. The quantitative estimate of drug-likeness (QED) is 0.111. The first-order chi connectivity index (χ1) is 19.2. The first-order valence-electron chi connectivity index (χ1n) is 14.6. The molecular weight excluding hydrogens is 532 g/mol. The summed E-state index contributed by atoms with van der Waals surface area (Å²) in [4.78, 5) is 37.9. The number of likely N-dealkylation sites (N-methyl/N-ethyl adjacent to an activating group) is 1. The zero-order valence-corrected chi connectivity index (χ0v) is 25.1. The van der Waals surface area contributed by atoms with Crippen molar-refractivity contribution in [2.75, 3.05) is 47.1 Å². The summed E-state index contributed by atoms with van der Waals surface area (Å²) in [6, 6.07) is 3.76. The van der Waals surface area contributed by atoms with Crippen LogP contribution in [0.1, 0.15) is 63.0 Å². The molecule has 0 spiro atoms. The third-order valence-corrected chi connectivity index (χ3v) is 9.92. The third-order valence-electron chi connectivity index (χ3n) is 8.72. The van der Waals surface area contributed by atoms with E-state index < -0.39 is 11.9 Å². The number of nitroso groups, excluding NO2 is 1. The van der Waals surface area contributed by atoms with Crippen LogP contribution in [0.25, 0.3) is 0 Å². The van der Waals surface area contributed by atoms with E-state index in [1.807, 2.05) is 33.2 Å². The number of hydrogen-bond donors (Lipinski definition) is 0. The highest BCUT2D eigenvalue weighted by molar-refractivity contribution is 7.98. The van der Waals surface area contributed by atoms with Crippen molar-refractivity contribution in [2.24, 2.45) is 27.8 Å². The van der Waals surface area contributed by atoms with E-state index in [0.717, 1.165) is 67.4 Å². The van der Waals surface area contributed by atoms with E-state index in [2.05, 4.69) is 16.4 Å². The Morgan fingerprint density at radius 2 is 1.77 bits per heavy atom. The molecule has 40 heavy (non-hydrogen) atoms. The van der Waals surface area contributed by atoms with Crippen LogP contribution in [-0.2, 0) is 25.5 Å². The van der Waals surface area contributed by atoms with E-state index in [1.165, 1.54) is 31.2 Å². The highest BCUT2D eigenvalue weighted by Crippen LogP contribution is 2.64. The Morgan fingerprint density at radius 3 is 2.45 bits per heavy atom. The molecule has 0 amide bonds. The zero-order chi connectivity index (χ0) is 28.7. The van der Waals surface area contributed by atoms with Crippen molar-refractivity contribution < 1.29 is 28.5 Å². The van der Waals surface area contributed by atoms with Crippen molar-refractivity contribution >= 4 is 23.9 Å². The minimum atomic E-state index is -0.575. The van der Waals surface area contributed by atoms with Gasteiger partial charge in [-0.05, 0) is 112 Å². The van der Waals surface area contributed by atoms with Gasteiger partial charge in [0.1, 0.15) is 31.3 Å². The number of ether oxygens (including phenoxy) is 4. The van der Waals surface area contributed by atoms with Crippen LogP contribution >= 0.6 is 11.9 Å². The molecular formula is C30H44N2O7S. The molecule has 0 saturated heterocycles. The molecule has 9 nitrogen and oxygen atoms in total. The van der Waals surface area contributed by atoms with E-state index in [1.54, 1.807) is 0 Å². The average molecular weight is 577 g/mol. The van der Waals surface area contributed by atoms with Gasteiger partial charge in [-0.3, -0.25) is 0 Å². The zero-order valence-electron chi connectivity index (χ0n) is 24.3. The summed E-state index contributed by atoms with van der Waals surface area (Å²) in [6.45, 7) is 4.96. The van der Waals surface area contributed by atoms with Crippen LogP contribution in [-0.4, -0.2) is 69.2 Å². The van der Waals surface area contributed by atoms with Crippen molar-refractivity contribution in [1.82, 2.24) is 4.90 Å². The highest BCUT2D eigenvalue weighted by Gasteiger charge is 2.57. The van der Waals surface area contributed by atoms with Gasteiger partial charge < -0.3 is 23.8 Å². The van der Waals surface area contributed by atoms with Gasteiger partial charge in [-0.25, -0.2) is 9.59 Å². The normalized spacial score (nSPS) is 26.6. The Morgan fingerprint density at radius 1 is 1.05 bits per heavy atom. The lowest BCUT2D eigenvalue weighted by atomic mass is 9.48. The molecule has 222 valence electrons. The summed E-state index contributed by atoms with van der Waals surface area (Å²) in [5.41, 5.74) is 1.81. The maximum atomic E-state index is 12.4. The number of benzene rings is 1. The number of rotatable bonds is 16. The summed E-state index contributed by atoms with van der Waals surface area (Å²) < 4.78 is 25.5. The highest BCUT2D eigenvalue weighted by atomic mass is 32.2. The molecule has 10 heteroatoms. The molecule has 4 fully saturated rings. The second-order valence-electron chi connectivity index (χ2n) is 12.1. The van der Waals surface area contributed by atoms with Gasteiger partial charge in [0.25, 0.3) is 0 Å². The predicted octanol–water partition coefficient (Wildman–Crippen LogP) is 5.35. The van der Waals surface area contributed by atoms with E-state index in [9.17, 15) is 14.5 Å². The lowest BCUT2D eigenvalue weighted by Gasteiger charge is -2.60. The third kappa shape index (κ3) is 7.76. The summed E-state index contributed by atoms with van der Waals surface area (Å²) in [7, 11) is 4.00. The first-order valence-corrected chi connectivity index (χ1v) is 15.4. The average Bonchev–Trinajstić information content (AvgIpc) is 2.88. The Balaban J connectivity index is 1.20. The fourth-order valence-corrected chi connectivity index (χ4v) is 8.30. The van der Waals surface area contributed by atoms with Crippen molar-refractivity contribution in [3.63, 3.8) is 0 Å². The number of nitrogens with zero attached hydrogens (tertiary/aromatic N) is 2. The molecule has 0 radical (unpaired) electrons. The Hall–Kier alpha value is -2.17. The topological polar surface area (TPSA) is 104 Å². The van der Waals surface area contributed by atoms with Crippen LogP contribution in [0.4, 0.5) is 0 Å². The van der Waals surface area contributed by atoms with E-state index >= 15 is 0 Å². The van der Waals surface area contributed by atoms with Gasteiger partial charge in [-0.15, -0.1) is 4.91 Å². The number of carbonyl (C=O) groups is 2. The van der Waals surface area contributed by atoms with Crippen molar-refractivity contribution in [2.45, 2.75) is 70.5 Å². The van der Waals surface area contributed by atoms with Gasteiger partial charge in [0.2, 0.25) is 0 Å². The largest absolute Gasteiger partial charge is 0.492 e. The molecule has 1 aromatic carbocycles. The van der Waals surface area contributed by atoms with Crippen LogP contribution in [0, 0.1) is 35.0 Å². The van der Waals surface area contributed by atoms with E-state index in [-0.39, 0.29) is 30.5 Å². The fraction of sp³-hybridized carbons (Fsp3) is 0.733. The monoisotopic (exact) mass is 576 g/mol. The minimum Gasteiger partial charge on any atom is -0.492 e. The van der Waals surface area contributed by atoms with Crippen LogP contribution in [0.5, 0.6) is 11.5 Å². The van der Waals surface area contributed by atoms with Crippen molar-refractivity contribution in [1.29, 1.82) is 0 Å². The molecule has 3 unspecified atom stereocenters.